The summed E-state index contributed by atoms with van der Waals surface area (Å²) in [5.41, 5.74) is 40.3. The Morgan fingerprint density at radius 3 is 1.25 bits per heavy atom. The average molecular weight is 2010 g/mol. The molecule has 0 spiro atoms. The molecular weight excluding hydrogens is 1880 g/mol. The van der Waals surface area contributed by atoms with Crippen molar-refractivity contribution in [1.29, 1.82) is 0 Å². The van der Waals surface area contributed by atoms with Crippen molar-refractivity contribution in [2.45, 2.75) is 221 Å². The molecule has 10 heteroatoms. The fourth-order valence-electron chi connectivity index (χ4n) is 16.9. The maximum absolute atomic E-state index is 5.09. The van der Waals surface area contributed by atoms with Gasteiger partial charge in [0.1, 0.15) is 5.76 Å². The van der Waals surface area contributed by atoms with Gasteiger partial charge < -0.3 is 8.98 Å². The minimum absolute atomic E-state index is 0.506. The molecule has 0 N–H and O–H groups in total. The van der Waals surface area contributed by atoms with Crippen molar-refractivity contribution in [1.82, 2.24) is 4.57 Å². The van der Waals surface area contributed by atoms with Crippen LogP contribution in [0.2, 0.25) is 13.1 Å². The molecule has 0 saturated carbocycles. The maximum atomic E-state index is 5.09. The normalized spacial score (nSPS) is 12.1. The molecule has 0 bridgehead atoms. The van der Waals surface area contributed by atoms with E-state index >= 15 is 0 Å². The Bertz CT molecular complexity index is 7450. The van der Waals surface area contributed by atoms with E-state index in [4.69, 9.17) is 4.42 Å². The van der Waals surface area contributed by atoms with Crippen LogP contribution in [0.4, 0.5) is 0 Å². The molecule has 9 aromatic heterocycles. The maximum Gasteiger partial charge on any atom is 0.103 e. The summed E-state index contributed by atoms with van der Waals surface area (Å²) in [4.78, 5) is 1.45. The molecule has 1 aliphatic rings. The first kappa shape index (κ1) is 99.3. The van der Waals surface area contributed by atoms with Crippen molar-refractivity contribution in [3.63, 3.8) is 0 Å². The van der Waals surface area contributed by atoms with E-state index in [0.717, 1.165) is 5.76 Å². The standard InChI is InChI=1S/3C15H14S.3C15H14Se.C9H16Si.C8H13N.C7H10O.C7H10S/c1-9-4-5-14-12(6-9)13-7-10(2)11(3)8-15(13)16-14;1-9-4-5-12-13-7-10(2)11(3)8-15(13)16-14(12)6-9;1-9-7-8-13-12-6-4-5-10(2)14(12)16-15(13)11(9)3;1-9-4-5-14-12(6-9)13-7-10(2)11(3)8-15(13)16-14;1-9-4-5-12-13-7-10(2)11(3)8-15(13)16-14(12)6-9;1-9-7-8-13-12-6-4-5-10(2)14(12)16-15(13)11(9)3;1-7-6-10(4,5)9(3)8(7)2;1-6-5-9(4)8(3)7(6)2;2*1-5-4-8-7(3)6(5)2/h6*4-8H,1-3H3;6H,1-5H3;5H,1-4H3;2*4H,1-3H3. The number of allylic oxidation sites excluding steroid dienone is 3. The Hall–Kier alpha value is -9.18. The number of thiophene rings is 4. The van der Waals surface area contributed by atoms with Gasteiger partial charge in [-0.05, 0) is 271 Å². The zero-order chi connectivity index (χ0) is 95.0. The zero-order valence-electron chi connectivity index (χ0n) is 83.8. The van der Waals surface area contributed by atoms with Crippen LogP contribution in [0.5, 0.6) is 0 Å². The van der Waals surface area contributed by atoms with Crippen molar-refractivity contribution in [2.24, 2.45) is 7.05 Å². The summed E-state index contributed by atoms with van der Waals surface area (Å²) in [7, 11) is 1.03. The van der Waals surface area contributed by atoms with Crippen molar-refractivity contribution < 1.29 is 4.42 Å². The van der Waals surface area contributed by atoms with E-state index in [2.05, 4.69) is 418 Å². The molecule has 2 nitrogen and oxygen atoms in total. The minimum Gasteiger partial charge on any atom is -0.469 e. The van der Waals surface area contributed by atoms with Gasteiger partial charge in [0, 0.05) is 84.3 Å². The van der Waals surface area contributed by atoms with E-state index in [-0.39, 0.29) is 0 Å². The van der Waals surface area contributed by atoms with Gasteiger partial charge in [-0.2, -0.15) is 0 Å². The largest absolute Gasteiger partial charge is 0.469 e. The first-order chi connectivity index (χ1) is 62.0. The van der Waals surface area contributed by atoms with Crippen LogP contribution >= 0.6 is 45.3 Å². The molecule has 674 valence electrons. The van der Waals surface area contributed by atoms with Gasteiger partial charge in [0.15, 0.2) is 0 Å². The van der Waals surface area contributed by atoms with E-state index in [1.165, 1.54) is 252 Å². The Labute approximate surface area is 816 Å². The van der Waals surface area contributed by atoms with E-state index in [1.807, 2.05) is 59.2 Å². The minimum atomic E-state index is -1.05. The van der Waals surface area contributed by atoms with Crippen molar-refractivity contribution >= 4 is 215 Å². The number of fused-ring (bicyclic) bond motifs is 18. The van der Waals surface area contributed by atoms with Gasteiger partial charge in [0.05, 0.1) is 14.3 Å². The smallest absolute Gasteiger partial charge is 0.103 e. The van der Waals surface area contributed by atoms with Gasteiger partial charge in [-0.25, -0.2) is 0 Å². The molecule has 1 aliphatic heterocycles. The van der Waals surface area contributed by atoms with E-state index < -0.39 is 8.07 Å². The van der Waals surface area contributed by atoms with Crippen LogP contribution in [0.3, 0.4) is 0 Å². The molecular formula is C121H133NOS4Se3Si. The second kappa shape index (κ2) is 41.8. The molecule has 10 heterocycles. The Morgan fingerprint density at radius 2 is 0.740 bits per heavy atom. The SMILES string of the molecule is CC1=C[Si](C)(C)C(C)=C1C.Cc1ccc2[se]c3cc(C)c(C)cc3c2c1.Cc1ccc2c([se]c3c(C)cccc32)c1C.Cc1ccc2c(c1)[se]c1cc(C)c(C)cc12.Cc1ccc2c(c1)sc1cc(C)c(C)cc12.Cc1ccc2c(sc3c(C)cccc32)c1C.Cc1ccc2sc3cc(C)c(C)cc3c2c1.Cc1cn(C)c(C)c1C.Cc1coc(C)c1C.Cc1csc(C)c1C. The zero-order valence-corrected chi connectivity index (χ0v) is 93.2. The Balaban J connectivity index is 0.000000125. The fourth-order valence-corrected chi connectivity index (χ4v) is 32.1. The second-order valence-electron chi connectivity index (χ2n) is 37.6. The van der Waals surface area contributed by atoms with Crippen molar-refractivity contribution in [3.8, 4) is 0 Å². The first-order valence-corrected chi connectivity index (χ1v) is 57.4. The van der Waals surface area contributed by atoms with E-state index in [1.54, 1.807) is 32.8 Å². The average Bonchev–Trinajstić information content (AvgIpc) is 1.64. The van der Waals surface area contributed by atoms with Gasteiger partial charge in [0.25, 0.3) is 0 Å². The molecule has 0 aliphatic carbocycles. The summed E-state index contributed by atoms with van der Waals surface area (Å²) < 4.78 is 25.1. The van der Waals surface area contributed by atoms with Gasteiger partial charge in [0.2, 0.25) is 0 Å². The summed E-state index contributed by atoms with van der Waals surface area (Å²) in [6.07, 6.45) is 3.94. The Morgan fingerprint density at radius 1 is 0.290 bits per heavy atom. The number of nitrogens with zero attached hydrogens (tertiary/aromatic N) is 1. The molecule has 0 radical (unpaired) electrons. The summed E-state index contributed by atoms with van der Waals surface area (Å²) in [5, 5.41) is 21.1. The van der Waals surface area contributed by atoms with Crippen LogP contribution in [0, 0.1) is 187 Å². The van der Waals surface area contributed by atoms with Crippen LogP contribution in [-0.2, 0) is 7.05 Å². The number of benzene rings is 12. The molecule has 0 fully saturated rings. The fraction of sp³-hybridized carbons (Fsp3) is 0.273. The van der Waals surface area contributed by atoms with Gasteiger partial charge in [-0.3, -0.25) is 0 Å². The van der Waals surface area contributed by atoms with Gasteiger partial charge >= 0.3 is 305 Å². The number of aromatic nitrogens is 1. The molecule has 21 aromatic rings. The topological polar surface area (TPSA) is 18.1 Å². The van der Waals surface area contributed by atoms with Crippen LogP contribution in [0.15, 0.2) is 226 Å². The summed E-state index contributed by atoms with van der Waals surface area (Å²) in [6.45, 7) is 70.1. The molecule has 0 amide bonds. The van der Waals surface area contributed by atoms with Crippen LogP contribution in [0.25, 0.3) is 118 Å². The van der Waals surface area contributed by atoms with Crippen LogP contribution < -0.4 is 0 Å². The predicted molar refractivity (Wildman–Crippen MR) is 599 cm³/mol. The number of hydrogen-bond acceptors (Lipinski definition) is 5. The third kappa shape index (κ3) is 22.1. The summed E-state index contributed by atoms with van der Waals surface area (Å²) in [5.74, 6) is 1.03. The van der Waals surface area contributed by atoms with Gasteiger partial charge in [-0.15, -0.1) is 45.3 Å². The van der Waals surface area contributed by atoms with E-state index in [9.17, 15) is 0 Å². The monoisotopic (exact) mass is 2010 g/mol. The van der Waals surface area contributed by atoms with Crippen LogP contribution in [0.1, 0.15) is 171 Å². The number of aryl methyl sites for hydroxylation is 24. The third-order valence-electron chi connectivity index (χ3n) is 27.5. The quantitative estimate of drug-likeness (QED) is 0.138. The van der Waals surface area contributed by atoms with E-state index in [0.29, 0.717) is 43.5 Å². The summed E-state index contributed by atoms with van der Waals surface area (Å²) >= 11 is 9.08. The summed E-state index contributed by atoms with van der Waals surface area (Å²) in [6, 6.07) is 68.2. The van der Waals surface area contributed by atoms with Gasteiger partial charge in [-0.1, -0.05) is 89.2 Å². The van der Waals surface area contributed by atoms with Crippen LogP contribution in [-0.4, -0.2) is 56.2 Å². The third-order valence-corrected chi connectivity index (χ3v) is 43.7. The molecule has 0 atom stereocenters. The number of hydrogen-bond donors (Lipinski definition) is 0. The molecule has 22 rings (SSSR count). The second-order valence-corrected chi connectivity index (χ2v) is 53.1. The molecule has 0 unspecified atom stereocenters. The molecule has 131 heavy (non-hydrogen) atoms. The number of rotatable bonds is 0. The molecule has 12 aromatic carbocycles. The molecule has 0 saturated heterocycles. The van der Waals surface area contributed by atoms with Crippen molar-refractivity contribution in [2.75, 3.05) is 0 Å². The Kier molecular flexibility index (Phi) is 31.6. The predicted octanol–water partition coefficient (Wildman–Crippen LogP) is 36.8. The van der Waals surface area contributed by atoms with Crippen molar-refractivity contribution in [3.05, 3.63) is 372 Å². The first-order valence-electron chi connectivity index (χ1n) is 45.8. The number of furan rings is 1.